The number of anilines is 3. The quantitative estimate of drug-likeness (QED) is 0.847. The van der Waals surface area contributed by atoms with E-state index in [-0.39, 0.29) is 0 Å². The molecule has 3 heteroatoms. The number of nitrogens with zero attached hydrogens (tertiary/aromatic N) is 1. The van der Waals surface area contributed by atoms with Crippen LogP contribution in [0.25, 0.3) is 0 Å². The molecule has 0 spiro atoms. The van der Waals surface area contributed by atoms with Gasteiger partial charge in [-0.25, -0.2) is 0 Å². The predicted molar refractivity (Wildman–Crippen MR) is 68.4 cm³/mol. The SMILES string of the molecule is CNc1ccc(N(C)c2cccs2)cc1. The molecule has 2 aromatic rings. The maximum absolute atomic E-state index is 3.11. The number of thiophene rings is 1. The van der Waals surface area contributed by atoms with E-state index in [2.05, 4.69) is 59.0 Å². The van der Waals surface area contributed by atoms with E-state index in [0.717, 1.165) is 5.69 Å². The van der Waals surface area contributed by atoms with Crippen molar-refractivity contribution in [1.82, 2.24) is 0 Å². The highest BCUT2D eigenvalue weighted by atomic mass is 32.1. The third kappa shape index (κ3) is 2.13. The minimum atomic E-state index is 1.14. The Morgan fingerprint density at radius 3 is 2.40 bits per heavy atom. The number of benzene rings is 1. The third-order valence-electron chi connectivity index (χ3n) is 2.38. The molecule has 1 aromatic carbocycles. The van der Waals surface area contributed by atoms with E-state index < -0.39 is 0 Å². The molecule has 2 rings (SSSR count). The molecule has 0 radical (unpaired) electrons. The monoisotopic (exact) mass is 218 g/mol. The van der Waals surface area contributed by atoms with Crippen molar-refractivity contribution in [3.05, 3.63) is 41.8 Å². The van der Waals surface area contributed by atoms with Crippen LogP contribution in [0, 0.1) is 0 Å². The Hall–Kier alpha value is -1.48. The standard InChI is InChI=1S/C12H14N2S/c1-13-10-5-7-11(8-6-10)14(2)12-4-3-9-15-12/h3-9,13H,1-2H3. The number of nitrogens with one attached hydrogen (secondary N) is 1. The summed E-state index contributed by atoms with van der Waals surface area (Å²) in [7, 11) is 4.01. The van der Waals surface area contributed by atoms with Gasteiger partial charge in [-0.15, -0.1) is 11.3 Å². The van der Waals surface area contributed by atoms with Gasteiger partial charge in [-0.2, -0.15) is 0 Å². The average molecular weight is 218 g/mol. The molecule has 1 heterocycles. The van der Waals surface area contributed by atoms with Gasteiger partial charge >= 0.3 is 0 Å². The fraction of sp³-hybridized carbons (Fsp3) is 0.167. The molecular formula is C12H14N2S. The molecule has 1 N–H and O–H groups in total. The van der Waals surface area contributed by atoms with Crippen LogP contribution >= 0.6 is 11.3 Å². The first-order chi connectivity index (χ1) is 7.31. The number of rotatable bonds is 3. The van der Waals surface area contributed by atoms with Crippen LogP contribution in [0.4, 0.5) is 16.4 Å². The van der Waals surface area contributed by atoms with Crippen LogP contribution in [0.5, 0.6) is 0 Å². The molecule has 0 amide bonds. The minimum Gasteiger partial charge on any atom is -0.388 e. The summed E-state index contributed by atoms with van der Waals surface area (Å²) in [6, 6.07) is 12.6. The van der Waals surface area contributed by atoms with Crippen LogP contribution in [0.2, 0.25) is 0 Å². The molecule has 0 saturated heterocycles. The van der Waals surface area contributed by atoms with Gasteiger partial charge in [-0.3, -0.25) is 0 Å². The van der Waals surface area contributed by atoms with Gasteiger partial charge < -0.3 is 10.2 Å². The molecule has 0 aliphatic rings. The molecule has 2 nitrogen and oxygen atoms in total. The van der Waals surface area contributed by atoms with E-state index in [9.17, 15) is 0 Å². The van der Waals surface area contributed by atoms with Crippen molar-refractivity contribution >= 4 is 27.7 Å². The van der Waals surface area contributed by atoms with E-state index in [1.54, 1.807) is 11.3 Å². The van der Waals surface area contributed by atoms with Gasteiger partial charge in [0.05, 0.1) is 5.00 Å². The van der Waals surface area contributed by atoms with Crippen molar-refractivity contribution in [1.29, 1.82) is 0 Å². The second kappa shape index (κ2) is 4.36. The van der Waals surface area contributed by atoms with Crippen molar-refractivity contribution in [2.45, 2.75) is 0 Å². The lowest BCUT2D eigenvalue weighted by molar-refractivity contribution is 1.24. The maximum Gasteiger partial charge on any atom is 0.0950 e. The van der Waals surface area contributed by atoms with Crippen molar-refractivity contribution < 1.29 is 0 Å². The minimum absolute atomic E-state index is 1.14. The topological polar surface area (TPSA) is 15.3 Å². The zero-order valence-corrected chi connectivity index (χ0v) is 9.71. The molecule has 0 bridgehead atoms. The highest BCUT2D eigenvalue weighted by Gasteiger charge is 2.03. The average Bonchev–Trinajstić information content (AvgIpc) is 2.82. The summed E-state index contributed by atoms with van der Waals surface area (Å²) in [5.41, 5.74) is 2.34. The molecule has 0 aliphatic carbocycles. The zero-order chi connectivity index (χ0) is 10.7. The van der Waals surface area contributed by atoms with Gasteiger partial charge in [0.2, 0.25) is 0 Å². The summed E-state index contributed by atoms with van der Waals surface area (Å²) in [6.45, 7) is 0. The van der Waals surface area contributed by atoms with Gasteiger partial charge in [0.25, 0.3) is 0 Å². The van der Waals surface area contributed by atoms with Crippen LogP contribution in [-0.4, -0.2) is 14.1 Å². The second-order valence-electron chi connectivity index (χ2n) is 3.31. The fourth-order valence-corrected chi connectivity index (χ4v) is 2.16. The molecule has 0 aliphatic heterocycles. The van der Waals surface area contributed by atoms with Crippen LogP contribution < -0.4 is 10.2 Å². The summed E-state index contributed by atoms with van der Waals surface area (Å²) >= 11 is 1.75. The highest BCUT2D eigenvalue weighted by Crippen LogP contribution is 2.28. The van der Waals surface area contributed by atoms with Crippen molar-refractivity contribution in [2.75, 3.05) is 24.3 Å². The molecule has 78 valence electrons. The van der Waals surface area contributed by atoms with Gasteiger partial charge in [0, 0.05) is 25.5 Å². The zero-order valence-electron chi connectivity index (χ0n) is 8.90. The Morgan fingerprint density at radius 1 is 1.13 bits per heavy atom. The van der Waals surface area contributed by atoms with Crippen molar-refractivity contribution in [3.63, 3.8) is 0 Å². The summed E-state index contributed by atoms with van der Waals surface area (Å²) in [5.74, 6) is 0. The van der Waals surface area contributed by atoms with Gasteiger partial charge in [-0.1, -0.05) is 0 Å². The molecule has 0 atom stereocenters. The lowest BCUT2D eigenvalue weighted by Gasteiger charge is -2.17. The van der Waals surface area contributed by atoms with E-state index in [1.165, 1.54) is 10.7 Å². The Labute approximate surface area is 94.2 Å². The number of hydrogen-bond donors (Lipinski definition) is 1. The lowest BCUT2D eigenvalue weighted by atomic mass is 10.2. The molecular weight excluding hydrogens is 204 g/mol. The Balaban J connectivity index is 2.22. The van der Waals surface area contributed by atoms with Crippen molar-refractivity contribution in [3.8, 4) is 0 Å². The molecule has 0 saturated carbocycles. The first-order valence-corrected chi connectivity index (χ1v) is 5.74. The summed E-state index contributed by atoms with van der Waals surface area (Å²) in [5, 5.41) is 6.46. The lowest BCUT2D eigenvalue weighted by Crippen LogP contribution is -2.07. The molecule has 0 unspecified atom stereocenters. The number of hydrogen-bond acceptors (Lipinski definition) is 3. The first kappa shape index (κ1) is 10.1. The second-order valence-corrected chi connectivity index (χ2v) is 4.23. The van der Waals surface area contributed by atoms with Crippen LogP contribution in [0.15, 0.2) is 41.8 Å². The summed E-state index contributed by atoms with van der Waals surface area (Å²) in [6.07, 6.45) is 0. The summed E-state index contributed by atoms with van der Waals surface area (Å²) in [4.78, 5) is 2.18. The summed E-state index contributed by atoms with van der Waals surface area (Å²) < 4.78 is 0. The van der Waals surface area contributed by atoms with E-state index in [0.29, 0.717) is 0 Å². The third-order valence-corrected chi connectivity index (χ3v) is 3.32. The van der Waals surface area contributed by atoms with Crippen LogP contribution in [0.1, 0.15) is 0 Å². The molecule has 1 aromatic heterocycles. The van der Waals surface area contributed by atoms with E-state index >= 15 is 0 Å². The highest BCUT2D eigenvalue weighted by molar-refractivity contribution is 7.14. The normalized spacial score (nSPS) is 10.0. The van der Waals surface area contributed by atoms with E-state index in [1.807, 2.05) is 7.05 Å². The largest absolute Gasteiger partial charge is 0.388 e. The Morgan fingerprint density at radius 2 is 1.87 bits per heavy atom. The van der Waals surface area contributed by atoms with Crippen LogP contribution in [-0.2, 0) is 0 Å². The fourth-order valence-electron chi connectivity index (χ4n) is 1.44. The predicted octanol–water partition coefficient (Wildman–Crippen LogP) is 3.56. The maximum atomic E-state index is 3.11. The Kier molecular flexibility index (Phi) is 2.92. The van der Waals surface area contributed by atoms with Gasteiger partial charge in [-0.05, 0) is 41.8 Å². The van der Waals surface area contributed by atoms with E-state index in [4.69, 9.17) is 0 Å². The van der Waals surface area contributed by atoms with Gasteiger partial charge in [0.15, 0.2) is 0 Å². The van der Waals surface area contributed by atoms with Gasteiger partial charge in [0.1, 0.15) is 0 Å². The molecule has 0 fully saturated rings. The Bertz CT molecular complexity index is 406. The first-order valence-electron chi connectivity index (χ1n) is 4.86. The smallest absolute Gasteiger partial charge is 0.0950 e. The van der Waals surface area contributed by atoms with Crippen molar-refractivity contribution in [2.24, 2.45) is 0 Å². The molecule has 15 heavy (non-hydrogen) atoms. The van der Waals surface area contributed by atoms with Crippen LogP contribution in [0.3, 0.4) is 0 Å².